The van der Waals surface area contributed by atoms with Gasteiger partial charge in [-0.25, -0.2) is 0 Å². The molecular weight excluding hydrogens is 358 g/mol. The van der Waals surface area contributed by atoms with Crippen molar-refractivity contribution in [2.45, 2.75) is 72.6 Å². The zero-order valence-corrected chi connectivity index (χ0v) is 16.6. The van der Waals surface area contributed by atoms with Gasteiger partial charge in [-0.1, -0.05) is 0 Å². The number of nitrogens with zero attached hydrogens (tertiary/aromatic N) is 2. The van der Waals surface area contributed by atoms with Crippen LogP contribution in [0.4, 0.5) is 4.39 Å². The van der Waals surface area contributed by atoms with Crippen molar-refractivity contribution < 1.29 is 4.39 Å². The van der Waals surface area contributed by atoms with Gasteiger partial charge in [0.05, 0.1) is 0 Å². The van der Waals surface area contributed by atoms with Crippen LogP contribution in [0.5, 0.6) is 0 Å². The van der Waals surface area contributed by atoms with Crippen LogP contribution in [0.15, 0.2) is 6.20 Å². The Balaban J connectivity index is 3.08. The maximum absolute atomic E-state index is 13.7. The average Bonchev–Trinajstić information content (AvgIpc) is 2.79. The van der Waals surface area contributed by atoms with Gasteiger partial charge in [-0.15, -0.1) is 0 Å². The third-order valence-electron chi connectivity index (χ3n) is 4.50. The summed E-state index contributed by atoms with van der Waals surface area (Å²) in [7, 11) is 1.87. The van der Waals surface area contributed by atoms with Crippen LogP contribution in [-0.2, 0) is 7.05 Å². The molecule has 1 aromatic rings. The number of halogens is 1. The molecule has 0 radical (unpaired) electrons. The average molecular weight is 389 g/mol. The Bertz CT molecular complexity index is 368. The van der Waals surface area contributed by atoms with E-state index in [1.54, 1.807) is 4.57 Å². The van der Waals surface area contributed by atoms with Crippen LogP contribution in [0.2, 0.25) is 13.3 Å². The number of hydrogen-bond donors (Lipinski definition) is 0. The van der Waals surface area contributed by atoms with Crippen LogP contribution in [-0.4, -0.2) is 27.9 Å². The molecule has 0 unspecified atom stereocenters. The first kappa shape index (κ1) is 18.0. The van der Waals surface area contributed by atoms with Crippen LogP contribution >= 0.6 is 0 Å². The maximum atomic E-state index is 13.7. The Kier molecular flexibility index (Phi) is 8.15. The molecule has 0 aliphatic heterocycles. The Hall–Kier alpha value is -0.0613. The monoisotopic (exact) mass is 390 g/mol. The van der Waals surface area contributed by atoms with E-state index in [0.717, 1.165) is 0 Å². The molecule has 0 N–H and O–H groups in total. The molecule has 0 aliphatic carbocycles. The first-order valence-electron chi connectivity index (χ1n) is 8.29. The predicted octanol–water partition coefficient (Wildman–Crippen LogP) is 4.62. The predicted molar refractivity (Wildman–Crippen MR) is 87.7 cm³/mol. The number of rotatable bonds is 10. The van der Waals surface area contributed by atoms with Gasteiger partial charge in [-0.3, -0.25) is 0 Å². The van der Waals surface area contributed by atoms with Gasteiger partial charge in [0.25, 0.3) is 0 Å². The van der Waals surface area contributed by atoms with Crippen LogP contribution in [0.25, 0.3) is 0 Å². The summed E-state index contributed by atoms with van der Waals surface area (Å²) in [5, 5.41) is 0. The Morgan fingerprint density at radius 1 is 1.00 bits per heavy atom. The van der Waals surface area contributed by atoms with Crippen LogP contribution in [0, 0.1) is 6.08 Å². The number of imidazole rings is 1. The second-order valence-electron chi connectivity index (χ2n) is 6.06. The van der Waals surface area contributed by atoms with E-state index < -0.39 is 18.4 Å². The van der Waals surface area contributed by atoms with Crippen molar-refractivity contribution >= 4 is 22.1 Å². The topological polar surface area (TPSA) is 17.8 Å². The number of aromatic nitrogens is 2. The van der Waals surface area contributed by atoms with Gasteiger partial charge in [-0.05, 0) is 0 Å². The van der Waals surface area contributed by atoms with E-state index in [2.05, 4.69) is 25.8 Å². The fourth-order valence-electron chi connectivity index (χ4n) is 3.18. The minimum absolute atomic E-state index is 0.300. The molecule has 1 heterocycles. The molecule has 0 amide bonds. The fraction of sp³-hybridized carbons (Fsp3) is 0.812. The molecule has 116 valence electrons. The summed E-state index contributed by atoms with van der Waals surface area (Å²) in [6, 6.07) is 0. The summed E-state index contributed by atoms with van der Waals surface area (Å²) in [5.41, 5.74) is 0. The van der Waals surface area contributed by atoms with Crippen molar-refractivity contribution in [3.05, 3.63) is 12.3 Å². The molecule has 0 fully saturated rings. The SMILES string of the molecule is CCC[CH2][Sn]([CH2]CCC)([CH2]CCC)[c]1cnc(F)n1C. The van der Waals surface area contributed by atoms with Crippen LogP contribution < -0.4 is 3.71 Å². The summed E-state index contributed by atoms with van der Waals surface area (Å²) in [4.78, 5) is 3.96. The first-order chi connectivity index (χ1) is 9.61. The van der Waals surface area contributed by atoms with Gasteiger partial charge in [0.1, 0.15) is 0 Å². The number of unbranched alkanes of at least 4 members (excludes halogenated alkanes) is 3. The molecule has 0 atom stereocenters. The van der Waals surface area contributed by atoms with Crippen molar-refractivity contribution in [1.29, 1.82) is 0 Å². The van der Waals surface area contributed by atoms with E-state index in [1.807, 2.05) is 13.2 Å². The summed E-state index contributed by atoms with van der Waals surface area (Å²) >= 11 is -2.48. The van der Waals surface area contributed by atoms with Crippen molar-refractivity contribution in [1.82, 2.24) is 9.55 Å². The zero-order valence-electron chi connectivity index (χ0n) is 13.7. The molecule has 0 spiro atoms. The summed E-state index contributed by atoms with van der Waals surface area (Å²) in [6.07, 6.45) is 9.21. The molecule has 0 bridgehead atoms. The Morgan fingerprint density at radius 3 is 1.75 bits per heavy atom. The van der Waals surface area contributed by atoms with Crippen molar-refractivity contribution in [3.8, 4) is 0 Å². The van der Waals surface area contributed by atoms with E-state index in [-0.39, 0.29) is 6.08 Å². The molecule has 0 aromatic carbocycles. The third kappa shape index (κ3) is 4.47. The van der Waals surface area contributed by atoms with Gasteiger partial charge in [0.15, 0.2) is 0 Å². The molecule has 0 saturated heterocycles. The van der Waals surface area contributed by atoms with Crippen LogP contribution in [0.3, 0.4) is 0 Å². The summed E-state index contributed by atoms with van der Waals surface area (Å²) in [5.74, 6) is 0. The normalized spacial score (nSPS) is 12.1. The zero-order chi connectivity index (χ0) is 15.0. The van der Waals surface area contributed by atoms with Gasteiger partial charge in [0.2, 0.25) is 0 Å². The Morgan fingerprint density at radius 2 is 1.45 bits per heavy atom. The molecular formula is C16H31FN2Sn. The van der Waals surface area contributed by atoms with Gasteiger partial charge in [0, 0.05) is 0 Å². The van der Waals surface area contributed by atoms with E-state index in [1.165, 1.54) is 55.5 Å². The molecule has 1 rings (SSSR count). The molecule has 4 heteroatoms. The molecule has 0 aliphatic rings. The standard InChI is InChI=1S/C4H4FN2.3C4H9.Sn/c1-7-3-2-6-4(7)5;3*1-3-4-2;/h2H,1H3;3*1,3-4H2,2H3;. The number of hydrogen-bond acceptors (Lipinski definition) is 1. The summed E-state index contributed by atoms with van der Waals surface area (Å²) < 4.78 is 20.9. The van der Waals surface area contributed by atoms with E-state index in [4.69, 9.17) is 0 Å². The molecule has 1 aromatic heterocycles. The van der Waals surface area contributed by atoms with Crippen LogP contribution in [0.1, 0.15) is 59.3 Å². The van der Waals surface area contributed by atoms with Gasteiger partial charge in [-0.2, -0.15) is 0 Å². The second-order valence-corrected chi connectivity index (χ2v) is 19.1. The molecule has 2 nitrogen and oxygen atoms in total. The van der Waals surface area contributed by atoms with E-state index >= 15 is 0 Å². The molecule has 20 heavy (non-hydrogen) atoms. The van der Waals surface area contributed by atoms with E-state index in [0.29, 0.717) is 0 Å². The fourth-order valence-corrected chi connectivity index (χ4v) is 19.6. The van der Waals surface area contributed by atoms with Crippen molar-refractivity contribution in [2.75, 3.05) is 0 Å². The van der Waals surface area contributed by atoms with Gasteiger partial charge >= 0.3 is 128 Å². The summed E-state index contributed by atoms with van der Waals surface area (Å²) in [6.45, 7) is 6.79. The van der Waals surface area contributed by atoms with E-state index in [9.17, 15) is 4.39 Å². The Labute approximate surface area is 128 Å². The molecule has 0 saturated carbocycles. The second kappa shape index (κ2) is 9.06. The van der Waals surface area contributed by atoms with Crippen molar-refractivity contribution in [2.24, 2.45) is 7.05 Å². The third-order valence-corrected chi connectivity index (χ3v) is 20.2. The minimum atomic E-state index is -2.48. The quantitative estimate of drug-likeness (QED) is 0.535. The van der Waals surface area contributed by atoms with Gasteiger partial charge < -0.3 is 0 Å². The van der Waals surface area contributed by atoms with Crippen molar-refractivity contribution in [3.63, 3.8) is 0 Å². The first-order valence-corrected chi connectivity index (χ1v) is 15.8.